The van der Waals surface area contributed by atoms with Gasteiger partial charge >= 0.3 is 6.03 Å². The van der Waals surface area contributed by atoms with Crippen LogP contribution in [-0.2, 0) is 6.61 Å². The fraction of sp³-hybridized carbons (Fsp3) is 0.111. The first-order chi connectivity index (χ1) is 11.2. The van der Waals surface area contributed by atoms with E-state index in [1.165, 1.54) is 0 Å². The second kappa shape index (κ2) is 8.25. The Morgan fingerprint density at radius 2 is 2.09 bits per heavy atom. The van der Waals surface area contributed by atoms with Crippen molar-refractivity contribution < 1.29 is 9.53 Å². The maximum absolute atomic E-state index is 11.6. The number of nitrogens with one attached hydrogen (secondary N) is 2. The third kappa shape index (κ3) is 5.21. The average molecular weight is 307 g/mol. The number of urea groups is 1. The van der Waals surface area contributed by atoms with Crippen molar-refractivity contribution in [3.63, 3.8) is 0 Å². The number of hydrogen-bond donors (Lipinski definition) is 2. The molecule has 0 fully saturated rings. The van der Waals surface area contributed by atoms with Gasteiger partial charge in [0, 0.05) is 18.3 Å². The van der Waals surface area contributed by atoms with Gasteiger partial charge in [0.15, 0.2) is 0 Å². The molecule has 5 nitrogen and oxygen atoms in total. The number of anilines is 1. The molecule has 0 radical (unpaired) electrons. The minimum atomic E-state index is -0.302. The lowest BCUT2D eigenvalue weighted by Crippen LogP contribution is -2.28. The molecule has 0 aliphatic rings. The second-order valence-electron chi connectivity index (χ2n) is 4.75. The number of hydrogen-bond acceptors (Lipinski definition) is 3. The first kappa shape index (κ1) is 16.1. The highest BCUT2D eigenvalue weighted by Gasteiger charge is 2.02. The zero-order valence-corrected chi connectivity index (χ0v) is 12.6. The molecule has 2 amide bonds. The van der Waals surface area contributed by atoms with Gasteiger partial charge in [0.1, 0.15) is 12.4 Å². The summed E-state index contributed by atoms with van der Waals surface area (Å²) < 4.78 is 5.70. The van der Waals surface area contributed by atoms with E-state index in [1.807, 2.05) is 12.1 Å². The van der Waals surface area contributed by atoms with Crippen LogP contribution in [0, 0.1) is 11.3 Å². The first-order valence-corrected chi connectivity index (χ1v) is 7.09. The van der Waals surface area contributed by atoms with E-state index in [4.69, 9.17) is 10.00 Å². The molecule has 0 aliphatic heterocycles. The standard InChI is InChI=1S/C18H17N3O2/c1-2-9-20-18(22)21-16-7-4-8-17(11-16)23-13-15-6-3-5-14(10-15)12-19/h2-8,10-11H,1,9,13H2,(H2,20,21,22). The van der Waals surface area contributed by atoms with Crippen molar-refractivity contribution in [3.05, 3.63) is 72.3 Å². The van der Waals surface area contributed by atoms with Gasteiger partial charge in [-0.2, -0.15) is 5.26 Å². The fourth-order valence-corrected chi connectivity index (χ4v) is 1.90. The van der Waals surface area contributed by atoms with Crippen LogP contribution >= 0.6 is 0 Å². The quantitative estimate of drug-likeness (QED) is 0.803. The van der Waals surface area contributed by atoms with Gasteiger partial charge in [0.25, 0.3) is 0 Å². The predicted molar refractivity (Wildman–Crippen MR) is 89.1 cm³/mol. The Kier molecular flexibility index (Phi) is 5.78. The van der Waals surface area contributed by atoms with Gasteiger partial charge in [0.05, 0.1) is 11.6 Å². The molecule has 2 aromatic carbocycles. The number of nitriles is 1. The number of nitrogens with zero attached hydrogens (tertiary/aromatic N) is 1. The van der Waals surface area contributed by atoms with E-state index in [2.05, 4.69) is 23.3 Å². The third-order valence-electron chi connectivity index (χ3n) is 2.96. The molecular formula is C18H17N3O2. The van der Waals surface area contributed by atoms with Crippen molar-refractivity contribution >= 4 is 11.7 Å². The van der Waals surface area contributed by atoms with Crippen LogP contribution in [0.25, 0.3) is 0 Å². The van der Waals surface area contributed by atoms with Crippen LogP contribution in [0.15, 0.2) is 61.2 Å². The van der Waals surface area contributed by atoms with Crippen LogP contribution in [0.2, 0.25) is 0 Å². The van der Waals surface area contributed by atoms with Gasteiger partial charge in [-0.15, -0.1) is 6.58 Å². The molecule has 0 heterocycles. The number of rotatable bonds is 6. The van der Waals surface area contributed by atoms with Crippen LogP contribution in [0.1, 0.15) is 11.1 Å². The van der Waals surface area contributed by atoms with Crippen LogP contribution in [0.3, 0.4) is 0 Å². The summed E-state index contributed by atoms with van der Waals surface area (Å²) in [5, 5.41) is 14.2. The fourth-order valence-electron chi connectivity index (χ4n) is 1.90. The zero-order chi connectivity index (χ0) is 16.5. The van der Waals surface area contributed by atoms with E-state index in [0.29, 0.717) is 30.2 Å². The number of carbonyl (C=O) groups excluding carboxylic acids is 1. The molecule has 2 rings (SSSR count). The SMILES string of the molecule is C=CCNC(=O)Nc1cccc(OCc2cccc(C#N)c2)c1. The van der Waals surface area contributed by atoms with Gasteiger partial charge in [-0.3, -0.25) is 0 Å². The Morgan fingerprint density at radius 3 is 2.87 bits per heavy atom. The van der Waals surface area contributed by atoms with Crippen molar-refractivity contribution in [2.45, 2.75) is 6.61 Å². The second-order valence-corrected chi connectivity index (χ2v) is 4.75. The lowest BCUT2D eigenvalue weighted by molar-refractivity contribution is 0.253. The van der Waals surface area contributed by atoms with E-state index < -0.39 is 0 Å². The minimum Gasteiger partial charge on any atom is -0.489 e. The van der Waals surface area contributed by atoms with Crippen molar-refractivity contribution in [3.8, 4) is 11.8 Å². The van der Waals surface area contributed by atoms with Gasteiger partial charge in [-0.25, -0.2) is 4.79 Å². The molecule has 0 saturated carbocycles. The first-order valence-electron chi connectivity index (χ1n) is 7.09. The lowest BCUT2D eigenvalue weighted by Gasteiger charge is -2.10. The molecule has 0 aromatic heterocycles. The summed E-state index contributed by atoms with van der Waals surface area (Å²) in [5.41, 5.74) is 2.14. The Hall–Kier alpha value is -3.26. The number of carbonyl (C=O) groups is 1. The molecule has 0 unspecified atom stereocenters. The molecule has 2 aromatic rings. The molecule has 0 spiro atoms. The molecule has 23 heavy (non-hydrogen) atoms. The number of amides is 2. The van der Waals surface area contributed by atoms with E-state index in [-0.39, 0.29) is 6.03 Å². The molecular weight excluding hydrogens is 290 g/mol. The van der Waals surface area contributed by atoms with Crippen molar-refractivity contribution in [2.24, 2.45) is 0 Å². The van der Waals surface area contributed by atoms with Crippen molar-refractivity contribution in [2.75, 3.05) is 11.9 Å². The monoisotopic (exact) mass is 307 g/mol. The van der Waals surface area contributed by atoms with Gasteiger partial charge in [-0.05, 0) is 29.8 Å². The number of benzene rings is 2. The van der Waals surface area contributed by atoms with E-state index in [9.17, 15) is 4.79 Å². The largest absolute Gasteiger partial charge is 0.489 e. The van der Waals surface area contributed by atoms with Crippen LogP contribution in [0.5, 0.6) is 5.75 Å². The minimum absolute atomic E-state index is 0.302. The maximum Gasteiger partial charge on any atom is 0.319 e. The summed E-state index contributed by atoms with van der Waals surface area (Å²) in [7, 11) is 0. The maximum atomic E-state index is 11.6. The van der Waals surface area contributed by atoms with Crippen LogP contribution in [0.4, 0.5) is 10.5 Å². The highest BCUT2D eigenvalue weighted by atomic mass is 16.5. The average Bonchev–Trinajstić information content (AvgIpc) is 2.58. The van der Waals surface area contributed by atoms with Crippen LogP contribution < -0.4 is 15.4 Å². The summed E-state index contributed by atoms with van der Waals surface area (Å²) >= 11 is 0. The molecule has 116 valence electrons. The zero-order valence-electron chi connectivity index (χ0n) is 12.6. The third-order valence-corrected chi connectivity index (χ3v) is 2.96. The Morgan fingerprint density at radius 1 is 1.26 bits per heavy atom. The highest BCUT2D eigenvalue weighted by molar-refractivity contribution is 5.89. The Bertz CT molecular complexity index is 735. The van der Waals surface area contributed by atoms with Gasteiger partial charge < -0.3 is 15.4 Å². The van der Waals surface area contributed by atoms with E-state index in [1.54, 1.807) is 42.5 Å². The summed E-state index contributed by atoms with van der Waals surface area (Å²) in [5.74, 6) is 0.633. The molecule has 2 N–H and O–H groups in total. The molecule has 0 aliphatic carbocycles. The Balaban J connectivity index is 1.95. The molecule has 5 heteroatoms. The summed E-state index contributed by atoms with van der Waals surface area (Å²) in [6, 6.07) is 16.2. The van der Waals surface area contributed by atoms with E-state index >= 15 is 0 Å². The predicted octanol–water partition coefficient (Wildman–Crippen LogP) is 3.44. The van der Waals surface area contributed by atoms with Crippen molar-refractivity contribution in [1.82, 2.24) is 5.32 Å². The highest BCUT2D eigenvalue weighted by Crippen LogP contribution is 2.18. The smallest absolute Gasteiger partial charge is 0.319 e. The normalized spacial score (nSPS) is 9.52. The summed E-state index contributed by atoms with van der Waals surface area (Å²) in [4.78, 5) is 11.6. The molecule has 0 saturated heterocycles. The topological polar surface area (TPSA) is 74.2 Å². The van der Waals surface area contributed by atoms with Gasteiger partial charge in [-0.1, -0.05) is 24.3 Å². The number of ether oxygens (including phenoxy) is 1. The Labute approximate surface area is 135 Å². The van der Waals surface area contributed by atoms with Crippen LogP contribution in [-0.4, -0.2) is 12.6 Å². The molecule has 0 bridgehead atoms. The van der Waals surface area contributed by atoms with Gasteiger partial charge in [0.2, 0.25) is 0 Å². The van der Waals surface area contributed by atoms with Crippen molar-refractivity contribution in [1.29, 1.82) is 5.26 Å². The lowest BCUT2D eigenvalue weighted by atomic mass is 10.1. The molecule has 0 atom stereocenters. The van der Waals surface area contributed by atoms with E-state index in [0.717, 1.165) is 5.56 Å². The summed E-state index contributed by atoms with van der Waals surface area (Å²) in [6.45, 7) is 4.29. The summed E-state index contributed by atoms with van der Waals surface area (Å²) in [6.07, 6.45) is 1.61.